The summed E-state index contributed by atoms with van der Waals surface area (Å²) in [5, 5.41) is 3.89. The fourth-order valence-electron chi connectivity index (χ4n) is 5.58. The lowest BCUT2D eigenvalue weighted by Crippen LogP contribution is -2.43. The molecule has 1 N–H and O–H groups in total. The molecule has 250 valence electrons. The van der Waals surface area contributed by atoms with Gasteiger partial charge in [-0.05, 0) is 67.0 Å². The molecule has 3 heterocycles. The Hall–Kier alpha value is -3.31. The first-order valence-electron chi connectivity index (χ1n) is 15.7. The van der Waals surface area contributed by atoms with E-state index < -0.39 is 30.0 Å². The van der Waals surface area contributed by atoms with Crippen molar-refractivity contribution in [1.29, 1.82) is 0 Å². The van der Waals surface area contributed by atoms with Crippen molar-refractivity contribution in [2.24, 2.45) is 0 Å². The van der Waals surface area contributed by atoms with Crippen LogP contribution in [0.25, 0.3) is 22.4 Å². The van der Waals surface area contributed by atoms with Crippen molar-refractivity contribution in [3.8, 4) is 28.3 Å². The highest BCUT2D eigenvalue weighted by Crippen LogP contribution is 2.41. The van der Waals surface area contributed by atoms with Gasteiger partial charge in [0.2, 0.25) is 11.8 Å². The molecule has 5 rings (SSSR count). The number of aromatic nitrogens is 1. The van der Waals surface area contributed by atoms with E-state index in [0.717, 1.165) is 16.6 Å². The van der Waals surface area contributed by atoms with Gasteiger partial charge in [-0.3, -0.25) is 4.79 Å². The minimum Gasteiger partial charge on any atom is -0.481 e. The van der Waals surface area contributed by atoms with Crippen molar-refractivity contribution in [3.05, 3.63) is 64.1 Å². The number of amides is 2. The number of pyridine rings is 1. The van der Waals surface area contributed by atoms with Crippen molar-refractivity contribution in [3.63, 3.8) is 0 Å². The van der Waals surface area contributed by atoms with Gasteiger partial charge in [0, 0.05) is 51.7 Å². The van der Waals surface area contributed by atoms with Gasteiger partial charge in [0.1, 0.15) is 5.60 Å². The second-order valence-electron chi connectivity index (χ2n) is 14.0. The number of ether oxygens (including phenoxy) is 2. The van der Waals surface area contributed by atoms with E-state index in [4.69, 9.17) is 47.0 Å². The van der Waals surface area contributed by atoms with E-state index in [9.17, 15) is 9.59 Å². The number of methoxy groups -OCH3 is 1. The third-order valence-electron chi connectivity index (χ3n) is 8.77. The van der Waals surface area contributed by atoms with Crippen LogP contribution in [-0.2, 0) is 25.4 Å². The van der Waals surface area contributed by atoms with E-state index in [0.29, 0.717) is 52.1 Å². The smallest absolute Gasteiger partial charge is 0.481 e. The monoisotopic (exact) mass is 681 g/mol. The molecule has 0 saturated carbocycles. The zero-order valence-corrected chi connectivity index (χ0v) is 29.7. The molecule has 0 spiro atoms. The molecule has 3 aromatic rings. The molecule has 12 heteroatoms. The quantitative estimate of drug-likeness (QED) is 0.255. The van der Waals surface area contributed by atoms with E-state index in [-0.39, 0.29) is 18.5 Å². The van der Waals surface area contributed by atoms with E-state index >= 15 is 0 Å². The highest BCUT2D eigenvalue weighted by Gasteiger charge is 2.52. The van der Waals surface area contributed by atoms with Gasteiger partial charge in [0.25, 0.3) is 0 Å². The Morgan fingerprint density at radius 3 is 2.21 bits per heavy atom. The summed E-state index contributed by atoms with van der Waals surface area (Å²) >= 11 is 14.1. The molecule has 2 fully saturated rings. The fourth-order valence-corrected chi connectivity index (χ4v) is 6.22. The van der Waals surface area contributed by atoms with Crippen molar-refractivity contribution >= 4 is 47.8 Å². The molecule has 47 heavy (non-hydrogen) atoms. The highest BCUT2D eigenvalue weighted by atomic mass is 35.5. The number of rotatable bonds is 8. The summed E-state index contributed by atoms with van der Waals surface area (Å²) in [4.78, 5) is 31.4. The van der Waals surface area contributed by atoms with E-state index in [1.54, 1.807) is 4.90 Å². The van der Waals surface area contributed by atoms with Crippen LogP contribution in [0.2, 0.25) is 10.0 Å². The highest BCUT2D eigenvalue weighted by molar-refractivity contribution is 6.66. The van der Waals surface area contributed by atoms with Gasteiger partial charge in [-0.25, -0.2) is 9.78 Å². The Morgan fingerprint density at radius 2 is 1.62 bits per heavy atom. The van der Waals surface area contributed by atoms with Crippen LogP contribution in [0.15, 0.2) is 48.5 Å². The first-order chi connectivity index (χ1) is 22.0. The fraction of sp³-hybridized carbons (Fsp3) is 0.457. The number of benzene rings is 2. The molecule has 0 radical (unpaired) electrons. The summed E-state index contributed by atoms with van der Waals surface area (Å²) in [6, 6.07) is 15.0. The predicted octanol–water partition coefficient (Wildman–Crippen LogP) is 7.05. The van der Waals surface area contributed by atoms with Crippen LogP contribution >= 0.6 is 23.2 Å². The number of nitrogens with one attached hydrogen (secondary N) is 1. The second kappa shape index (κ2) is 13.3. The first kappa shape index (κ1) is 35.0. The Kier molecular flexibility index (Phi) is 9.91. The number of nitrogens with zero attached hydrogens (tertiary/aromatic N) is 2. The molecule has 9 nitrogen and oxygen atoms in total. The third-order valence-corrected chi connectivity index (χ3v) is 9.60. The van der Waals surface area contributed by atoms with Gasteiger partial charge in [0.05, 0.1) is 35.6 Å². The van der Waals surface area contributed by atoms with Crippen LogP contribution in [0.3, 0.4) is 0 Å². The number of hydrogen-bond donors (Lipinski definition) is 1. The molecule has 2 aliphatic rings. The average molecular weight is 682 g/mol. The SMILES string of the molecule is COc1nc(-c2cccc(-c3cccc(B4OC(C)(C)C(C)(C)O4)c3Cl)c2Cl)ccc1CN(CC1CCC(=O)N1)C(=O)OC(C)(C)C. The molecule has 2 aromatic carbocycles. The Balaban J connectivity index is 1.44. The molecule has 1 aromatic heterocycles. The van der Waals surface area contributed by atoms with Gasteiger partial charge >= 0.3 is 13.2 Å². The lowest BCUT2D eigenvalue weighted by atomic mass is 9.77. The van der Waals surface area contributed by atoms with E-state index in [1.807, 2.05) is 97.0 Å². The van der Waals surface area contributed by atoms with Crippen LogP contribution in [0.5, 0.6) is 5.88 Å². The number of carbonyl (C=O) groups excluding carboxylic acids is 2. The molecule has 0 bridgehead atoms. The topological polar surface area (TPSA) is 99.2 Å². The maximum Gasteiger partial charge on any atom is 0.496 e. The van der Waals surface area contributed by atoms with E-state index in [2.05, 4.69) is 5.32 Å². The largest absolute Gasteiger partial charge is 0.496 e. The molecule has 2 amide bonds. The van der Waals surface area contributed by atoms with Crippen LogP contribution in [0.4, 0.5) is 4.79 Å². The van der Waals surface area contributed by atoms with Crippen molar-refractivity contribution < 1.29 is 28.4 Å². The van der Waals surface area contributed by atoms with Gasteiger partial charge in [-0.1, -0.05) is 59.6 Å². The van der Waals surface area contributed by atoms with Crippen LogP contribution in [0.1, 0.15) is 66.9 Å². The molecular weight excluding hydrogens is 640 g/mol. The Labute approximate surface area is 287 Å². The minimum absolute atomic E-state index is 0.0250. The average Bonchev–Trinajstić information content (AvgIpc) is 3.49. The Morgan fingerprint density at radius 1 is 1.00 bits per heavy atom. The number of carbonyl (C=O) groups is 2. The zero-order chi connectivity index (χ0) is 34.3. The van der Waals surface area contributed by atoms with Crippen molar-refractivity contribution in [1.82, 2.24) is 15.2 Å². The third kappa shape index (κ3) is 7.56. The number of hydrogen-bond acceptors (Lipinski definition) is 7. The first-order valence-corrected chi connectivity index (χ1v) is 16.5. The van der Waals surface area contributed by atoms with Crippen LogP contribution in [-0.4, -0.2) is 65.5 Å². The summed E-state index contributed by atoms with van der Waals surface area (Å²) in [5.41, 5.74) is 2.43. The number of halogens is 2. The zero-order valence-electron chi connectivity index (χ0n) is 28.2. The van der Waals surface area contributed by atoms with Crippen molar-refractivity contribution in [2.45, 2.75) is 90.7 Å². The van der Waals surface area contributed by atoms with Crippen LogP contribution < -0.4 is 15.5 Å². The summed E-state index contributed by atoms with van der Waals surface area (Å²) < 4.78 is 23.9. The normalized spacial score (nSPS) is 18.6. The predicted molar refractivity (Wildman–Crippen MR) is 185 cm³/mol. The summed E-state index contributed by atoms with van der Waals surface area (Å²) in [7, 11) is 0.905. The van der Waals surface area contributed by atoms with Crippen LogP contribution in [0, 0.1) is 0 Å². The van der Waals surface area contributed by atoms with Crippen molar-refractivity contribution in [2.75, 3.05) is 13.7 Å². The van der Waals surface area contributed by atoms with Gasteiger partial charge in [0.15, 0.2) is 0 Å². The van der Waals surface area contributed by atoms with Gasteiger partial charge in [-0.2, -0.15) is 0 Å². The Bertz CT molecular complexity index is 1660. The van der Waals surface area contributed by atoms with E-state index in [1.165, 1.54) is 7.11 Å². The maximum atomic E-state index is 13.2. The van der Waals surface area contributed by atoms with Gasteiger partial charge in [-0.15, -0.1) is 0 Å². The lowest BCUT2D eigenvalue weighted by Gasteiger charge is -2.32. The maximum absolute atomic E-state index is 13.2. The standard InChI is InChI=1S/C35H42BCl2N3O6/c1-33(2,3)45-32(43)41(20-22-16-18-28(42)39-22)19-21-15-17-27(40-31(21)44-8)25-13-9-11-23(29(25)37)24-12-10-14-26(30(24)38)36-46-34(4,5)35(6,7)47-36/h9-15,17,22H,16,18-20H2,1-8H3,(H,39,42). The lowest BCUT2D eigenvalue weighted by molar-refractivity contribution is -0.119. The second-order valence-corrected chi connectivity index (χ2v) is 14.7. The molecule has 1 unspecified atom stereocenters. The molecule has 2 aliphatic heterocycles. The molecule has 2 saturated heterocycles. The summed E-state index contributed by atoms with van der Waals surface area (Å²) in [5.74, 6) is 0.316. The molecule has 0 aliphatic carbocycles. The summed E-state index contributed by atoms with van der Waals surface area (Å²) in [6.07, 6.45) is 0.589. The molecule has 1 atom stereocenters. The molecular formula is C35H42BCl2N3O6. The summed E-state index contributed by atoms with van der Waals surface area (Å²) in [6.45, 7) is 13.9. The van der Waals surface area contributed by atoms with Gasteiger partial charge < -0.3 is 29.0 Å². The minimum atomic E-state index is -0.686.